The van der Waals surface area contributed by atoms with Crippen LogP contribution in [0.1, 0.15) is 93.4 Å². The summed E-state index contributed by atoms with van der Waals surface area (Å²) in [5, 5.41) is 0. The Bertz CT molecular complexity index is 880. The lowest BCUT2D eigenvalue weighted by molar-refractivity contribution is -0.873. The van der Waals surface area contributed by atoms with E-state index in [1.54, 1.807) is 18.2 Å². The van der Waals surface area contributed by atoms with Crippen LogP contribution in [0.4, 0.5) is 0 Å². The first kappa shape index (κ1) is 37.6. The first-order valence-electron chi connectivity index (χ1n) is 14.5. The SMILES string of the molecule is C=C/C=C(\C=C)COC(=O)CC(C)(C)CC(C)(C)CC(=O)OC(COC(=O)CC(C)(CC)CCC)C[N+](C)(C)C. The van der Waals surface area contributed by atoms with Crippen LogP contribution in [0.5, 0.6) is 0 Å². The Hall–Kier alpha value is -2.41. The van der Waals surface area contributed by atoms with Crippen molar-refractivity contribution in [3.8, 4) is 0 Å². The van der Waals surface area contributed by atoms with Gasteiger partial charge in [0.15, 0.2) is 6.10 Å². The Kier molecular flexibility index (Phi) is 15.7. The molecule has 0 rings (SSSR count). The fourth-order valence-electron chi connectivity index (χ4n) is 5.28. The predicted octanol–water partition coefficient (Wildman–Crippen LogP) is 6.82. The van der Waals surface area contributed by atoms with Crippen molar-refractivity contribution in [2.75, 3.05) is 40.9 Å². The van der Waals surface area contributed by atoms with Crippen molar-refractivity contribution >= 4 is 17.9 Å². The van der Waals surface area contributed by atoms with Crippen molar-refractivity contribution in [2.45, 2.75) is 99.5 Å². The molecule has 7 nitrogen and oxygen atoms in total. The first-order chi connectivity index (χ1) is 18.3. The fraction of sp³-hybridized carbons (Fsp3) is 0.727. The van der Waals surface area contributed by atoms with Gasteiger partial charge in [-0.05, 0) is 34.7 Å². The van der Waals surface area contributed by atoms with Gasteiger partial charge in [0, 0.05) is 0 Å². The van der Waals surface area contributed by atoms with Crippen LogP contribution < -0.4 is 0 Å². The lowest BCUT2D eigenvalue weighted by atomic mass is 9.72. The minimum atomic E-state index is -0.544. The molecule has 0 radical (unpaired) electrons. The maximum Gasteiger partial charge on any atom is 0.306 e. The normalized spacial score (nSPS) is 15.0. The summed E-state index contributed by atoms with van der Waals surface area (Å²) in [6.45, 7) is 22.4. The lowest BCUT2D eigenvalue weighted by Crippen LogP contribution is -2.45. The van der Waals surface area contributed by atoms with E-state index in [0.29, 0.717) is 23.9 Å². The molecule has 0 bridgehead atoms. The molecule has 2 atom stereocenters. The first-order valence-corrected chi connectivity index (χ1v) is 14.5. The van der Waals surface area contributed by atoms with Crippen molar-refractivity contribution in [2.24, 2.45) is 16.2 Å². The molecule has 0 fully saturated rings. The second-order valence-electron chi connectivity index (χ2n) is 14.1. The Morgan fingerprint density at radius 1 is 0.850 bits per heavy atom. The minimum absolute atomic E-state index is 0.0385. The Morgan fingerprint density at radius 3 is 1.88 bits per heavy atom. The van der Waals surface area contributed by atoms with E-state index in [2.05, 4.69) is 33.9 Å². The summed E-state index contributed by atoms with van der Waals surface area (Å²) in [7, 11) is 6.03. The third-order valence-electron chi connectivity index (χ3n) is 6.95. The predicted molar refractivity (Wildman–Crippen MR) is 163 cm³/mol. The zero-order chi connectivity index (χ0) is 31.2. The van der Waals surface area contributed by atoms with E-state index in [-0.39, 0.29) is 54.8 Å². The van der Waals surface area contributed by atoms with Crippen LogP contribution in [0.15, 0.2) is 37.0 Å². The van der Waals surface area contributed by atoms with Crippen molar-refractivity contribution in [1.82, 2.24) is 0 Å². The van der Waals surface area contributed by atoms with Crippen LogP contribution >= 0.6 is 0 Å². The van der Waals surface area contributed by atoms with E-state index in [9.17, 15) is 14.4 Å². The number of likely N-dealkylation sites (N-methyl/N-ethyl adjacent to an activating group) is 1. The Labute approximate surface area is 244 Å². The van der Waals surface area contributed by atoms with Crippen LogP contribution in [0.2, 0.25) is 0 Å². The summed E-state index contributed by atoms with van der Waals surface area (Å²) in [6.07, 6.45) is 8.71. The second kappa shape index (κ2) is 16.8. The number of hydrogen-bond acceptors (Lipinski definition) is 6. The number of ether oxygens (including phenoxy) is 3. The highest BCUT2D eigenvalue weighted by molar-refractivity contribution is 5.72. The summed E-state index contributed by atoms with van der Waals surface area (Å²) >= 11 is 0. The summed E-state index contributed by atoms with van der Waals surface area (Å²) in [5.74, 6) is -0.898. The van der Waals surface area contributed by atoms with Crippen LogP contribution in [0.3, 0.4) is 0 Å². The monoisotopic (exact) mass is 564 g/mol. The van der Waals surface area contributed by atoms with Gasteiger partial charge in [0.25, 0.3) is 0 Å². The van der Waals surface area contributed by atoms with E-state index >= 15 is 0 Å². The molecule has 230 valence electrons. The van der Waals surface area contributed by atoms with Crippen LogP contribution in [0, 0.1) is 16.2 Å². The van der Waals surface area contributed by atoms with Gasteiger partial charge in [-0.25, -0.2) is 0 Å². The quantitative estimate of drug-likeness (QED) is 0.0699. The Balaban J connectivity index is 5.14. The number of carbonyl (C=O) groups excluding carboxylic acids is 3. The number of nitrogens with zero attached hydrogens (tertiary/aromatic N) is 1. The molecule has 0 aromatic rings. The maximum atomic E-state index is 13.1. The molecule has 0 amide bonds. The van der Waals surface area contributed by atoms with E-state index < -0.39 is 11.5 Å². The van der Waals surface area contributed by atoms with Crippen molar-refractivity contribution < 1.29 is 33.1 Å². The molecule has 0 aliphatic rings. The van der Waals surface area contributed by atoms with Gasteiger partial charge in [-0.3, -0.25) is 14.4 Å². The molecular weight excluding hydrogens is 506 g/mol. The van der Waals surface area contributed by atoms with Gasteiger partial charge in [-0.1, -0.05) is 92.7 Å². The average molecular weight is 565 g/mol. The molecule has 2 unspecified atom stereocenters. The van der Waals surface area contributed by atoms with Gasteiger partial charge in [0.05, 0.1) is 40.4 Å². The highest BCUT2D eigenvalue weighted by Crippen LogP contribution is 2.39. The molecule has 0 aliphatic heterocycles. The zero-order valence-corrected chi connectivity index (χ0v) is 27.2. The third-order valence-corrected chi connectivity index (χ3v) is 6.95. The van der Waals surface area contributed by atoms with E-state index in [1.165, 1.54) is 0 Å². The highest BCUT2D eigenvalue weighted by atomic mass is 16.6. The van der Waals surface area contributed by atoms with Crippen LogP contribution in [-0.4, -0.2) is 69.4 Å². The van der Waals surface area contributed by atoms with Crippen molar-refractivity contribution in [3.05, 3.63) is 37.0 Å². The molecule has 0 aromatic carbocycles. The van der Waals surface area contributed by atoms with Gasteiger partial charge < -0.3 is 18.7 Å². The van der Waals surface area contributed by atoms with Gasteiger partial charge in [0.2, 0.25) is 0 Å². The fourth-order valence-corrected chi connectivity index (χ4v) is 5.28. The van der Waals surface area contributed by atoms with E-state index in [0.717, 1.165) is 24.8 Å². The maximum absolute atomic E-state index is 13.1. The molecule has 7 heteroatoms. The van der Waals surface area contributed by atoms with Crippen molar-refractivity contribution in [1.29, 1.82) is 0 Å². The van der Waals surface area contributed by atoms with Crippen LogP contribution in [-0.2, 0) is 28.6 Å². The van der Waals surface area contributed by atoms with Crippen molar-refractivity contribution in [3.63, 3.8) is 0 Å². The molecule has 0 aliphatic carbocycles. The molecule has 0 heterocycles. The summed E-state index contributed by atoms with van der Waals surface area (Å²) < 4.78 is 17.5. The Morgan fingerprint density at radius 2 is 1.40 bits per heavy atom. The largest absolute Gasteiger partial charge is 0.461 e. The molecule has 0 saturated carbocycles. The van der Waals surface area contributed by atoms with E-state index in [4.69, 9.17) is 14.2 Å². The van der Waals surface area contributed by atoms with Gasteiger partial charge in [0.1, 0.15) is 19.8 Å². The van der Waals surface area contributed by atoms with Gasteiger partial charge in [-0.15, -0.1) is 0 Å². The number of allylic oxidation sites excluding steroid dienone is 2. The summed E-state index contributed by atoms with van der Waals surface area (Å²) in [5.41, 5.74) is -0.119. The summed E-state index contributed by atoms with van der Waals surface area (Å²) in [6, 6.07) is 0. The van der Waals surface area contributed by atoms with Crippen LogP contribution in [0.25, 0.3) is 0 Å². The average Bonchev–Trinajstić information content (AvgIpc) is 2.77. The molecular formula is C33H58NO6+. The van der Waals surface area contributed by atoms with Gasteiger partial charge >= 0.3 is 17.9 Å². The molecule has 0 N–H and O–H groups in total. The van der Waals surface area contributed by atoms with Gasteiger partial charge in [-0.2, -0.15) is 0 Å². The topological polar surface area (TPSA) is 78.9 Å². The van der Waals surface area contributed by atoms with E-state index in [1.807, 2.05) is 48.8 Å². The summed E-state index contributed by atoms with van der Waals surface area (Å²) in [4.78, 5) is 38.2. The second-order valence-corrected chi connectivity index (χ2v) is 14.1. The molecule has 0 spiro atoms. The zero-order valence-electron chi connectivity index (χ0n) is 27.2. The molecule has 40 heavy (non-hydrogen) atoms. The number of carbonyl (C=O) groups is 3. The smallest absolute Gasteiger partial charge is 0.306 e. The number of quaternary nitrogens is 1. The number of esters is 3. The highest BCUT2D eigenvalue weighted by Gasteiger charge is 2.35. The third kappa shape index (κ3) is 17.3. The molecule has 0 saturated heterocycles. The standard InChI is InChI=1S/C33H58NO6/c1-13-17-26(15-3)23-38-28(35)19-31(5,6)25-32(7,8)20-30(37)40-27(22-34(10,11)12)24-39-29(36)21-33(9,16-4)18-14-2/h13,15,17,27H,1,3,14,16,18-25H2,2,4-12H3/q+1/b26-17+. The minimum Gasteiger partial charge on any atom is -0.461 e. The number of hydrogen-bond donors (Lipinski definition) is 0. The number of rotatable bonds is 20. The molecule has 0 aromatic heterocycles. The lowest BCUT2D eigenvalue weighted by Gasteiger charge is -2.34.